The van der Waals surface area contributed by atoms with Crippen LogP contribution in [0.25, 0.3) is 11.2 Å². The van der Waals surface area contributed by atoms with Crippen molar-refractivity contribution in [1.29, 1.82) is 0 Å². The van der Waals surface area contributed by atoms with Gasteiger partial charge in [-0.1, -0.05) is 17.7 Å². The second kappa shape index (κ2) is 8.55. The third-order valence-electron chi connectivity index (χ3n) is 6.00. The summed E-state index contributed by atoms with van der Waals surface area (Å²) in [4.78, 5) is 24.3. The average molecular weight is 415 g/mol. The van der Waals surface area contributed by atoms with Crippen LogP contribution in [0.2, 0.25) is 5.02 Å². The normalized spacial score (nSPS) is 19.6. The number of aryl methyl sites for hydroxylation is 1. The number of hydrogen-bond acceptors (Lipinski definition) is 5. The van der Waals surface area contributed by atoms with Gasteiger partial charge in [0.05, 0.1) is 12.7 Å². The Balaban J connectivity index is 1.52. The quantitative estimate of drug-likeness (QED) is 0.574. The second-order valence-corrected chi connectivity index (χ2v) is 8.46. The highest BCUT2D eigenvalue weighted by atomic mass is 35.5. The molecule has 0 unspecified atom stereocenters. The summed E-state index contributed by atoms with van der Waals surface area (Å²) in [6.07, 6.45) is 6.41. The molecule has 7 nitrogen and oxygen atoms in total. The molecule has 1 saturated carbocycles. The number of rotatable bonds is 6. The predicted octanol–water partition coefficient (Wildman–Crippen LogP) is 3.31. The van der Waals surface area contributed by atoms with E-state index < -0.39 is 0 Å². The lowest BCUT2D eigenvalue weighted by Crippen LogP contribution is -2.25. The summed E-state index contributed by atoms with van der Waals surface area (Å²) < 4.78 is 1.63. The van der Waals surface area contributed by atoms with E-state index in [1.165, 1.54) is 25.7 Å². The van der Waals surface area contributed by atoms with Crippen LogP contribution in [-0.4, -0.2) is 32.6 Å². The number of hydrogen-bond donors (Lipinski definition) is 3. The number of H-pyrrole nitrogens is 1. The molecule has 0 atom stereocenters. The van der Waals surface area contributed by atoms with E-state index in [9.17, 15) is 4.79 Å². The molecule has 0 aliphatic heterocycles. The number of nitrogens with one attached hydrogen (secondary N) is 2. The fraction of sp³-hybridized carbons (Fsp3) is 0.476. The van der Waals surface area contributed by atoms with Gasteiger partial charge in [0, 0.05) is 11.6 Å². The van der Waals surface area contributed by atoms with Gasteiger partial charge in [0.2, 0.25) is 5.95 Å². The van der Waals surface area contributed by atoms with Crippen molar-refractivity contribution in [3.8, 4) is 0 Å². The van der Waals surface area contributed by atoms with Crippen LogP contribution in [0, 0.1) is 18.8 Å². The van der Waals surface area contributed by atoms with Crippen LogP contribution in [0.15, 0.2) is 29.2 Å². The fourth-order valence-corrected chi connectivity index (χ4v) is 4.26. The minimum Gasteiger partial charge on any atom is -0.354 e. The lowest BCUT2D eigenvalue weighted by atomic mass is 9.82. The zero-order chi connectivity index (χ0) is 20.4. The number of anilines is 1. The van der Waals surface area contributed by atoms with Crippen molar-refractivity contribution in [2.45, 2.75) is 39.2 Å². The van der Waals surface area contributed by atoms with Gasteiger partial charge in [0.25, 0.3) is 0 Å². The topological polar surface area (TPSA) is 102 Å². The lowest BCUT2D eigenvalue weighted by molar-refractivity contribution is 0.289. The van der Waals surface area contributed by atoms with Crippen molar-refractivity contribution in [1.82, 2.24) is 19.5 Å². The third-order valence-corrected chi connectivity index (χ3v) is 6.23. The molecule has 3 aromatic rings. The van der Waals surface area contributed by atoms with Gasteiger partial charge in [0.15, 0.2) is 5.65 Å². The van der Waals surface area contributed by atoms with Crippen LogP contribution >= 0.6 is 11.6 Å². The number of benzene rings is 1. The van der Waals surface area contributed by atoms with Crippen LogP contribution in [0.3, 0.4) is 0 Å². The van der Waals surface area contributed by atoms with Crippen molar-refractivity contribution in [2.75, 3.05) is 18.4 Å². The SMILES string of the molecule is Cc1ccc(Cl)cc1Cn1c(=O)[nH]c2cnc(NCC3CCC(CN)CC3)nc21. The van der Waals surface area contributed by atoms with Crippen LogP contribution < -0.4 is 16.7 Å². The molecule has 154 valence electrons. The largest absolute Gasteiger partial charge is 0.354 e. The minimum atomic E-state index is -0.203. The zero-order valence-corrected chi connectivity index (χ0v) is 17.4. The van der Waals surface area contributed by atoms with Crippen LogP contribution in [-0.2, 0) is 6.54 Å². The molecule has 4 rings (SSSR count). The summed E-state index contributed by atoms with van der Waals surface area (Å²) in [6.45, 7) is 4.04. The van der Waals surface area contributed by atoms with Crippen LogP contribution in [0.4, 0.5) is 5.95 Å². The molecule has 2 heterocycles. The molecule has 0 amide bonds. The van der Waals surface area contributed by atoms with Crippen molar-refractivity contribution < 1.29 is 0 Å². The van der Waals surface area contributed by atoms with E-state index in [1.807, 2.05) is 25.1 Å². The zero-order valence-electron chi connectivity index (χ0n) is 16.6. The Morgan fingerprint density at radius 1 is 1.28 bits per heavy atom. The first kappa shape index (κ1) is 19.9. The minimum absolute atomic E-state index is 0.203. The first-order chi connectivity index (χ1) is 14.0. The molecular weight excluding hydrogens is 388 g/mol. The molecule has 1 aromatic carbocycles. The molecule has 0 saturated heterocycles. The Hall–Kier alpha value is -2.38. The maximum atomic E-state index is 12.5. The first-order valence-corrected chi connectivity index (χ1v) is 10.6. The average Bonchev–Trinajstić information content (AvgIpc) is 3.04. The number of fused-ring (bicyclic) bond motifs is 1. The highest BCUT2D eigenvalue weighted by molar-refractivity contribution is 6.30. The molecule has 1 aliphatic rings. The highest BCUT2D eigenvalue weighted by Gasteiger charge is 2.20. The van der Waals surface area contributed by atoms with E-state index in [0.717, 1.165) is 24.2 Å². The van der Waals surface area contributed by atoms with E-state index >= 15 is 0 Å². The summed E-state index contributed by atoms with van der Waals surface area (Å²) in [5.41, 5.74) is 8.87. The van der Waals surface area contributed by atoms with Gasteiger partial charge in [-0.3, -0.25) is 4.57 Å². The van der Waals surface area contributed by atoms with E-state index in [4.69, 9.17) is 17.3 Å². The molecule has 4 N–H and O–H groups in total. The fourth-order valence-electron chi connectivity index (χ4n) is 4.07. The van der Waals surface area contributed by atoms with Crippen molar-refractivity contribution in [3.63, 3.8) is 0 Å². The molecule has 0 radical (unpaired) electrons. The van der Waals surface area contributed by atoms with Gasteiger partial charge in [-0.25, -0.2) is 9.78 Å². The Bertz CT molecular complexity index is 1050. The van der Waals surface area contributed by atoms with E-state index in [-0.39, 0.29) is 5.69 Å². The van der Waals surface area contributed by atoms with Crippen molar-refractivity contribution >= 4 is 28.7 Å². The predicted molar refractivity (Wildman–Crippen MR) is 116 cm³/mol. The van der Waals surface area contributed by atoms with Gasteiger partial charge in [-0.15, -0.1) is 0 Å². The number of aromatic nitrogens is 4. The van der Waals surface area contributed by atoms with E-state index in [1.54, 1.807) is 10.8 Å². The summed E-state index contributed by atoms with van der Waals surface area (Å²) in [5, 5.41) is 4.01. The van der Waals surface area contributed by atoms with Crippen LogP contribution in [0.1, 0.15) is 36.8 Å². The lowest BCUT2D eigenvalue weighted by Gasteiger charge is -2.27. The molecule has 1 fully saturated rings. The summed E-state index contributed by atoms with van der Waals surface area (Å²) in [5.74, 6) is 1.83. The van der Waals surface area contributed by atoms with E-state index in [0.29, 0.717) is 40.5 Å². The van der Waals surface area contributed by atoms with Gasteiger partial charge in [-0.05, 0) is 74.2 Å². The van der Waals surface area contributed by atoms with Crippen molar-refractivity contribution in [2.24, 2.45) is 17.6 Å². The summed E-state index contributed by atoms with van der Waals surface area (Å²) in [6, 6.07) is 5.70. The number of aromatic amines is 1. The number of nitrogens with zero attached hydrogens (tertiary/aromatic N) is 3. The highest BCUT2D eigenvalue weighted by Crippen LogP contribution is 2.28. The summed E-state index contributed by atoms with van der Waals surface area (Å²) in [7, 11) is 0. The molecule has 29 heavy (non-hydrogen) atoms. The molecule has 2 aromatic heterocycles. The molecular formula is C21H27ClN6O. The molecule has 0 spiro atoms. The van der Waals surface area contributed by atoms with Gasteiger partial charge in [0.1, 0.15) is 5.52 Å². The summed E-state index contributed by atoms with van der Waals surface area (Å²) >= 11 is 6.14. The Morgan fingerprint density at radius 2 is 2.03 bits per heavy atom. The molecule has 8 heteroatoms. The second-order valence-electron chi connectivity index (χ2n) is 8.02. The Labute approximate surface area is 174 Å². The third kappa shape index (κ3) is 4.46. The molecule has 0 bridgehead atoms. The number of imidazole rings is 1. The Kier molecular flexibility index (Phi) is 5.87. The van der Waals surface area contributed by atoms with Crippen molar-refractivity contribution in [3.05, 3.63) is 51.0 Å². The standard InChI is InChI=1S/C21H27ClN6O/c1-13-2-7-17(22)8-16(13)12-28-19-18(26-21(28)29)11-25-20(27-19)24-10-15-5-3-14(9-23)4-6-15/h2,7-8,11,14-15H,3-6,9-10,12,23H2,1H3,(H,26,29)(H,24,25,27). The smallest absolute Gasteiger partial charge is 0.328 e. The Morgan fingerprint density at radius 3 is 2.79 bits per heavy atom. The maximum absolute atomic E-state index is 12.5. The van der Waals surface area contributed by atoms with Gasteiger partial charge in [-0.2, -0.15) is 4.98 Å². The monoisotopic (exact) mass is 414 g/mol. The molecule has 1 aliphatic carbocycles. The van der Waals surface area contributed by atoms with E-state index in [2.05, 4.69) is 20.3 Å². The maximum Gasteiger partial charge on any atom is 0.328 e. The number of nitrogens with two attached hydrogens (primary N) is 1. The van der Waals surface area contributed by atoms with Gasteiger partial charge >= 0.3 is 5.69 Å². The number of halogens is 1. The van der Waals surface area contributed by atoms with Crippen LogP contribution in [0.5, 0.6) is 0 Å². The van der Waals surface area contributed by atoms with Gasteiger partial charge < -0.3 is 16.0 Å². The first-order valence-electron chi connectivity index (χ1n) is 10.2.